The summed E-state index contributed by atoms with van der Waals surface area (Å²) in [5.41, 5.74) is 7.02. The van der Waals surface area contributed by atoms with Gasteiger partial charge in [0.2, 0.25) is 5.78 Å². The number of nitrogens with two attached hydrogens (primary N) is 1. The number of ether oxygens (including phenoxy) is 1. The minimum Gasteiger partial charge on any atom is -0.395 e. The van der Waals surface area contributed by atoms with Crippen LogP contribution in [0.4, 0.5) is 13.2 Å². The maximum absolute atomic E-state index is 13.3. The molecule has 0 amide bonds. The van der Waals surface area contributed by atoms with E-state index in [0.717, 1.165) is 0 Å². The molecule has 4 unspecified atom stereocenters. The van der Waals surface area contributed by atoms with Gasteiger partial charge in [0.25, 0.3) is 0 Å². The lowest BCUT2D eigenvalue weighted by molar-refractivity contribution is -0.332. The number of alkyl halides is 3. The number of rotatable bonds is 8. The van der Waals surface area contributed by atoms with E-state index >= 15 is 0 Å². The number of hydrogen-bond acceptors (Lipinski definition) is 7. The van der Waals surface area contributed by atoms with Crippen LogP contribution in [0.15, 0.2) is 59.5 Å². The summed E-state index contributed by atoms with van der Waals surface area (Å²) in [5.74, 6) is -1.02. The molecule has 10 heteroatoms. The maximum atomic E-state index is 13.3. The minimum absolute atomic E-state index is 0.0324. The van der Waals surface area contributed by atoms with Crippen molar-refractivity contribution in [3.63, 3.8) is 0 Å². The highest BCUT2D eigenvalue weighted by atomic mass is 32.1. The molecule has 2 aliphatic carbocycles. The first-order chi connectivity index (χ1) is 15.3. The Morgan fingerprint density at radius 3 is 2.78 bits per heavy atom. The second-order valence-corrected chi connectivity index (χ2v) is 8.62. The Hall–Kier alpha value is -2.98. The Bertz CT molecular complexity index is 1050. The van der Waals surface area contributed by atoms with Crippen LogP contribution in [-0.4, -0.2) is 29.5 Å². The molecular weight excluding hydrogens is 443 g/mol. The van der Waals surface area contributed by atoms with Gasteiger partial charge in [-0.2, -0.15) is 0 Å². The number of ketones is 1. The largest absolute Gasteiger partial charge is 0.522 e. The van der Waals surface area contributed by atoms with E-state index in [1.165, 1.54) is 23.7 Å². The number of nitrogens with one attached hydrogen (secondary N) is 1. The van der Waals surface area contributed by atoms with Crippen molar-refractivity contribution in [2.45, 2.75) is 31.3 Å². The third kappa shape index (κ3) is 4.76. The van der Waals surface area contributed by atoms with E-state index in [1.54, 1.807) is 35.7 Å². The Morgan fingerprint density at radius 2 is 2.16 bits per heavy atom. The fourth-order valence-electron chi connectivity index (χ4n) is 4.03. The van der Waals surface area contributed by atoms with Gasteiger partial charge >= 0.3 is 6.36 Å². The molecule has 6 nitrogen and oxygen atoms in total. The number of halogens is 3. The third-order valence-corrected chi connectivity index (χ3v) is 6.57. The Kier molecular flexibility index (Phi) is 6.16. The number of Topliss-reactive ketones (excluding diaryl/α,β-unsaturated/α-hetero) is 1. The zero-order chi connectivity index (χ0) is 22.9. The number of carbonyl (C=O) groups is 2. The first kappa shape index (κ1) is 22.2. The lowest BCUT2D eigenvalue weighted by atomic mass is 9.99. The summed E-state index contributed by atoms with van der Waals surface area (Å²) >= 11 is 1.34. The van der Waals surface area contributed by atoms with Gasteiger partial charge in [0.15, 0.2) is 6.29 Å². The normalized spacial score (nSPS) is 24.0. The summed E-state index contributed by atoms with van der Waals surface area (Å²) in [6.45, 7) is 0. The van der Waals surface area contributed by atoms with Gasteiger partial charge in [-0.25, -0.2) is 0 Å². The summed E-state index contributed by atoms with van der Waals surface area (Å²) in [5, 5.41) is 4.95. The van der Waals surface area contributed by atoms with Gasteiger partial charge in [0.05, 0.1) is 11.8 Å². The molecule has 1 fully saturated rings. The lowest BCUT2D eigenvalue weighted by Gasteiger charge is -2.22. The van der Waals surface area contributed by atoms with Crippen molar-refractivity contribution in [1.82, 2.24) is 10.3 Å². The van der Waals surface area contributed by atoms with Crippen LogP contribution in [0.2, 0.25) is 0 Å². The summed E-state index contributed by atoms with van der Waals surface area (Å²) in [6, 6.07) is 5.93. The van der Waals surface area contributed by atoms with Crippen LogP contribution in [0.1, 0.15) is 29.3 Å². The number of carbonyl (C=O) groups excluding carboxylic acids is 2. The lowest BCUT2D eigenvalue weighted by Crippen LogP contribution is -2.32. The molecule has 0 radical (unpaired) electrons. The Labute approximate surface area is 186 Å². The van der Waals surface area contributed by atoms with Gasteiger partial charge in [-0.3, -0.25) is 19.3 Å². The standard InChI is InChI=1S/C22H20F3N3O3S/c23-22(24,25)31-21-14-6-5-13(9-15(14)21)28-19(17-4-2-8-32-17)20(30)18(26)16(11-29)12-3-1-7-27-10-12/h1-4,7-11,14-15,19,21,28H,5-6,26H2. The fraction of sp³-hybridized carbons (Fsp3) is 0.318. The highest BCUT2D eigenvalue weighted by molar-refractivity contribution is 7.10. The summed E-state index contributed by atoms with van der Waals surface area (Å²) < 4.78 is 41.9. The van der Waals surface area contributed by atoms with Crippen LogP contribution in [0, 0.1) is 11.8 Å². The highest BCUT2D eigenvalue weighted by Crippen LogP contribution is 2.52. The van der Waals surface area contributed by atoms with Gasteiger partial charge in [0, 0.05) is 40.0 Å². The summed E-state index contributed by atoms with van der Waals surface area (Å²) in [6.07, 6.45) is 0.657. The smallest absolute Gasteiger partial charge is 0.395 e. The predicted molar refractivity (Wildman–Crippen MR) is 112 cm³/mol. The van der Waals surface area contributed by atoms with E-state index in [1.807, 2.05) is 0 Å². The summed E-state index contributed by atoms with van der Waals surface area (Å²) in [4.78, 5) is 29.6. The minimum atomic E-state index is -4.67. The first-order valence-electron chi connectivity index (χ1n) is 9.93. The predicted octanol–water partition coefficient (Wildman–Crippen LogP) is 3.74. The van der Waals surface area contributed by atoms with E-state index in [4.69, 9.17) is 5.73 Å². The molecule has 4 rings (SSSR count). The maximum Gasteiger partial charge on any atom is 0.522 e. The number of allylic oxidation sites excluding steroid dienone is 2. The second kappa shape index (κ2) is 8.87. The molecule has 32 heavy (non-hydrogen) atoms. The van der Waals surface area contributed by atoms with Crippen LogP contribution in [-0.2, 0) is 14.3 Å². The van der Waals surface area contributed by atoms with Crippen molar-refractivity contribution >= 4 is 29.0 Å². The second-order valence-electron chi connectivity index (χ2n) is 7.64. The van der Waals surface area contributed by atoms with Crippen LogP contribution in [0.5, 0.6) is 0 Å². The molecule has 0 saturated heterocycles. The SMILES string of the molecule is NC(C(=O)C(NC1=CC2C(CC1)C2OC(F)(F)F)c1cccs1)=C(C=O)c1cccnc1. The van der Waals surface area contributed by atoms with Gasteiger partial charge in [-0.15, -0.1) is 24.5 Å². The molecule has 0 spiro atoms. The molecule has 4 atom stereocenters. The molecule has 2 aromatic heterocycles. The molecule has 168 valence electrons. The van der Waals surface area contributed by atoms with Crippen molar-refractivity contribution < 1.29 is 27.5 Å². The monoisotopic (exact) mass is 463 g/mol. The van der Waals surface area contributed by atoms with Gasteiger partial charge in [-0.1, -0.05) is 18.2 Å². The van der Waals surface area contributed by atoms with Crippen LogP contribution in [0.25, 0.3) is 5.57 Å². The average Bonchev–Trinajstić information content (AvgIpc) is 3.16. The summed E-state index contributed by atoms with van der Waals surface area (Å²) in [7, 11) is 0. The molecule has 3 N–H and O–H groups in total. The Morgan fingerprint density at radius 1 is 1.34 bits per heavy atom. The third-order valence-electron chi connectivity index (χ3n) is 5.63. The number of hydrogen-bond donors (Lipinski definition) is 2. The average molecular weight is 463 g/mol. The van der Waals surface area contributed by atoms with E-state index < -0.39 is 24.3 Å². The molecule has 1 saturated carbocycles. The zero-order valence-corrected chi connectivity index (χ0v) is 17.5. The molecule has 2 heterocycles. The highest BCUT2D eigenvalue weighted by Gasteiger charge is 2.56. The van der Waals surface area contributed by atoms with Crippen LogP contribution >= 0.6 is 11.3 Å². The van der Waals surface area contributed by atoms with Gasteiger partial charge < -0.3 is 11.1 Å². The molecule has 2 aliphatic rings. The molecular formula is C22H20F3N3O3S. The van der Waals surface area contributed by atoms with E-state index in [9.17, 15) is 22.8 Å². The number of pyridine rings is 1. The van der Waals surface area contributed by atoms with E-state index in [2.05, 4.69) is 15.0 Å². The molecule has 0 aliphatic heterocycles. The van der Waals surface area contributed by atoms with Crippen molar-refractivity contribution in [3.8, 4) is 0 Å². The van der Waals surface area contributed by atoms with Crippen LogP contribution in [0.3, 0.4) is 0 Å². The van der Waals surface area contributed by atoms with E-state index in [-0.39, 0.29) is 23.1 Å². The number of thiophene rings is 1. The Balaban J connectivity index is 1.58. The van der Waals surface area contributed by atoms with E-state index in [0.29, 0.717) is 35.3 Å². The number of nitrogens with zero attached hydrogens (tertiary/aromatic N) is 1. The molecule has 0 bridgehead atoms. The van der Waals surface area contributed by atoms with Crippen LogP contribution < -0.4 is 11.1 Å². The fourth-order valence-corrected chi connectivity index (χ4v) is 4.80. The topological polar surface area (TPSA) is 94.3 Å². The quantitative estimate of drug-likeness (QED) is 0.458. The van der Waals surface area contributed by atoms with Crippen molar-refractivity contribution in [3.05, 3.63) is 69.9 Å². The molecule has 2 aromatic rings. The van der Waals surface area contributed by atoms with Crippen molar-refractivity contribution in [2.75, 3.05) is 0 Å². The van der Waals surface area contributed by atoms with Crippen molar-refractivity contribution in [1.29, 1.82) is 0 Å². The molecule has 0 aromatic carbocycles. The van der Waals surface area contributed by atoms with Crippen molar-refractivity contribution in [2.24, 2.45) is 17.6 Å². The number of fused-ring (bicyclic) bond motifs is 1. The number of aromatic nitrogens is 1. The number of aldehydes is 1. The van der Waals surface area contributed by atoms with Gasteiger partial charge in [0.1, 0.15) is 6.04 Å². The first-order valence-corrected chi connectivity index (χ1v) is 10.8. The van der Waals surface area contributed by atoms with Gasteiger partial charge in [-0.05, 0) is 36.3 Å². The zero-order valence-electron chi connectivity index (χ0n) is 16.7.